The molecule has 6 nitrogen and oxygen atoms in total. The molecule has 4 heterocycles. The average molecular weight is 357 g/mol. The molecule has 4 rings (SSSR count). The van der Waals surface area contributed by atoms with Crippen molar-refractivity contribution in [2.75, 3.05) is 13.2 Å². The predicted molar refractivity (Wildman–Crippen MR) is 93.7 cm³/mol. The lowest BCUT2D eigenvalue weighted by molar-refractivity contribution is 0.0920. The lowest BCUT2D eigenvalue weighted by atomic mass is 9.95. The summed E-state index contributed by atoms with van der Waals surface area (Å²) in [5.41, 5.74) is 2.24. The maximum Gasteiger partial charge on any atom is 0.271 e. The normalized spacial score (nSPS) is 20.0. The minimum Gasteiger partial charge on any atom is -0.379 e. The molecule has 3 aromatic heterocycles. The molecule has 0 bridgehead atoms. The number of halogens is 1. The zero-order valence-corrected chi connectivity index (χ0v) is 14.2. The molecule has 3 aromatic rings. The molecule has 1 fully saturated rings. The molecule has 1 amide bonds. The van der Waals surface area contributed by atoms with Gasteiger partial charge < -0.3 is 14.5 Å². The summed E-state index contributed by atoms with van der Waals surface area (Å²) in [5.74, 6) is 0.0351. The number of aromatic nitrogens is 3. The molecule has 0 radical (unpaired) electrons. The summed E-state index contributed by atoms with van der Waals surface area (Å²) >= 11 is 5.97. The van der Waals surface area contributed by atoms with E-state index in [0.717, 1.165) is 6.42 Å². The van der Waals surface area contributed by atoms with E-state index >= 15 is 0 Å². The van der Waals surface area contributed by atoms with Crippen molar-refractivity contribution in [3.63, 3.8) is 0 Å². The third-order valence-electron chi connectivity index (χ3n) is 4.41. The first-order chi connectivity index (χ1) is 12.2. The summed E-state index contributed by atoms with van der Waals surface area (Å²) in [6.07, 6.45) is 7.81. The number of imidazole rings is 1. The minimum atomic E-state index is -0.199. The number of fused-ring (bicyclic) bond motifs is 1. The van der Waals surface area contributed by atoms with Gasteiger partial charge in [0.15, 0.2) is 0 Å². The maximum absolute atomic E-state index is 12.6. The maximum atomic E-state index is 12.6. The highest BCUT2D eigenvalue weighted by Gasteiger charge is 2.30. The molecule has 1 saturated heterocycles. The molecule has 0 aliphatic carbocycles. The fourth-order valence-electron chi connectivity index (χ4n) is 3.10. The van der Waals surface area contributed by atoms with Gasteiger partial charge in [-0.25, -0.2) is 4.98 Å². The van der Waals surface area contributed by atoms with E-state index in [2.05, 4.69) is 15.3 Å². The van der Waals surface area contributed by atoms with Gasteiger partial charge in [-0.15, -0.1) is 0 Å². The Morgan fingerprint density at radius 1 is 1.24 bits per heavy atom. The number of nitrogens with one attached hydrogen (secondary N) is 1. The largest absolute Gasteiger partial charge is 0.379 e. The SMILES string of the molecule is O=C(N[C@@H]1COC[C@H]1Cc1ccncc1)c1cn2cc(Cl)ccc2n1. The van der Waals surface area contributed by atoms with Crippen LogP contribution >= 0.6 is 11.6 Å². The van der Waals surface area contributed by atoms with Gasteiger partial charge in [0.2, 0.25) is 0 Å². The molecule has 1 N–H and O–H groups in total. The third-order valence-corrected chi connectivity index (χ3v) is 4.63. The summed E-state index contributed by atoms with van der Waals surface area (Å²) < 4.78 is 7.33. The lowest BCUT2D eigenvalue weighted by Gasteiger charge is -2.18. The Morgan fingerprint density at radius 3 is 2.92 bits per heavy atom. The molecule has 7 heteroatoms. The van der Waals surface area contributed by atoms with Gasteiger partial charge in [0, 0.05) is 30.7 Å². The van der Waals surface area contributed by atoms with Crippen molar-refractivity contribution < 1.29 is 9.53 Å². The first-order valence-electron chi connectivity index (χ1n) is 8.11. The number of carbonyl (C=O) groups is 1. The molecule has 0 unspecified atom stereocenters. The highest BCUT2D eigenvalue weighted by atomic mass is 35.5. The van der Waals surface area contributed by atoms with Crippen LogP contribution in [0.4, 0.5) is 0 Å². The van der Waals surface area contributed by atoms with Gasteiger partial charge in [-0.05, 0) is 36.2 Å². The van der Waals surface area contributed by atoms with Crippen LogP contribution in [0.15, 0.2) is 49.1 Å². The van der Waals surface area contributed by atoms with Gasteiger partial charge in [0.25, 0.3) is 5.91 Å². The monoisotopic (exact) mass is 356 g/mol. The topological polar surface area (TPSA) is 68.5 Å². The van der Waals surface area contributed by atoms with Crippen molar-refractivity contribution in [1.29, 1.82) is 0 Å². The van der Waals surface area contributed by atoms with Gasteiger partial charge in [0.05, 0.1) is 24.3 Å². The van der Waals surface area contributed by atoms with E-state index in [4.69, 9.17) is 16.3 Å². The number of pyridine rings is 2. The molecule has 1 aliphatic rings. The number of rotatable bonds is 4. The van der Waals surface area contributed by atoms with Crippen LogP contribution in [0.25, 0.3) is 5.65 Å². The Bertz CT molecular complexity index is 896. The third kappa shape index (κ3) is 3.50. The quantitative estimate of drug-likeness (QED) is 0.779. The van der Waals surface area contributed by atoms with Crippen LogP contribution in [0, 0.1) is 5.92 Å². The second-order valence-corrected chi connectivity index (χ2v) is 6.61. The smallest absolute Gasteiger partial charge is 0.271 e. The van der Waals surface area contributed by atoms with Crippen LogP contribution in [-0.4, -0.2) is 39.5 Å². The van der Waals surface area contributed by atoms with Crippen LogP contribution in [0.2, 0.25) is 5.02 Å². The van der Waals surface area contributed by atoms with Gasteiger partial charge in [-0.3, -0.25) is 9.78 Å². The molecule has 2 atom stereocenters. The van der Waals surface area contributed by atoms with Crippen molar-refractivity contribution in [2.24, 2.45) is 5.92 Å². The molecule has 1 aliphatic heterocycles. The molecule has 0 aromatic carbocycles. The Hall–Kier alpha value is -2.44. The minimum absolute atomic E-state index is 0.0333. The molecular formula is C18H17ClN4O2. The van der Waals surface area contributed by atoms with Crippen LogP contribution in [0.3, 0.4) is 0 Å². The van der Waals surface area contributed by atoms with Crippen LogP contribution in [0.5, 0.6) is 0 Å². The van der Waals surface area contributed by atoms with Crippen molar-refractivity contribution in [3.8, 4) is 0 Å². The summed E-state index contributed by atoms with van der Waals surface area (Å²) in [4.78, 5) is 20.9. The van der Waals surface area contributed by atoms with Crippen molar-refractivity contribution >= 4 is 23.2 Å². The molecule has 0 saturated carbocycles. The summed E-state index contributed by atoms with van der Waals surface area (Å²) in [5, 5.41) is 3.65. The van der Waals surface area contributed by atoms with Crippen molar-refractivity contribution in [3.05, 3.63) is 65.3 Å². The van der Waals surface area contributed by atoms with E-state index in [-0.39, 0.29) is 17.9 Å². The van der Waals surface area contributed by atoms with Gasteiger partial charge >= 0.3 is 0 Å². The number of hydrogen-bond acceptors (Lipinski definition) is 4. The van der Waals surface area contributed by atoms with Crippen molar-refractivity contribution in [1.82, 2.24) is 19.7 Å². The zero-order chi connectivity index (χ0) is 17.2. The number of amides is 1. The van der Waals surface area contributed by atoms with E-state index in [1.807, 2.05) is 12.1 Å². The summed E-state index contributed by atoms with van der Waals surface area (Å²) in [6, 6.07) is 7.48. The van der Waals surface area contributed by atoms with Gasteiger partial charge in [-0.1, -0.05) is 11.6 Å². The second-order valence-electron chi connectivity index (χ2n) is 6.18. The number of hydrogen-bond donors (Lipinski definition) is 1. The van der Waals surface area contributed by atoms with E-state index in [9.17, 15) is 4.79 Å². The Morgan fingerprint density at radius 2 is 2.08 bits per heavy atom. The highest BCUT2D eigenvalue weighted by molar-refractivity contribution is 6.30. The van der Waals surface area contributed by atoms with E-state index in [0.29, 0.717) is 29.6 Å². The standard InChI is InChI=1S/C18H17ClN4O2/c19-14-1-2-17-21-15(9-23(17)8-14)18(24)22-16-11-25-10-13(16)7-12-3-5-20-6-4-12/h1-6,8-9,13,16H,7,10-11H2,(H,22,24)/t13-,16-/m1/s1. The Balaban J connectivity index is 1.47. The van der Waals surface area contributed by atoms with E-state index < -0.39 is 0 Å². The fourth-order valence-corrected chi connectivity index (χ4v) is 3.27. The number of ether oxygens (including phenoxy) is 1. The average Bonchev–Trinajstić information content (AvgIpc) is 3.22. The summed E-state index contributed by atoms with van der Waals surface area (Å²) in [6.45, 7) is 1.15. The molecule has 0 spiro atoms. The van der Waals surface area contributed by atoms with Crippen LogP contribution in [-0.2, 0) is 11.2 Å². The number of nitrogens with zero attached hydrogens (tertiary/aromatic N) is 3. The molecule has 25 heavy (non-hydrogen) atoms. The highest BCUT2D eigenvalue weighted by Crippen LogP contribution is 2.19. The zero-order valence-electron chi connectivity index (χ0n) is 13.4. The Labute approximate surface area is 149 Å². The molecular weight excluding hydrogens is 340 g/mol. The van der Waals surface area contributed by atoms with E-state index in [1.165, 1.54) is 5.56 Å². The van der Waals surface area contributed by atoms with Crippen molar-refractivity contribution in [2.45, 2.75) is 12.5 Å². The lowest BCUT2D eigenvalue weighted by Crippen LogP contribution is -2.40. The Kier molecular flexibility index (Phi) is 4.38. The van der Waals surface area contributed by atoms with Crippen LogP contribution < -0.4 is 5.32 Å². The first kappa shape index (κ1) is 16.1. The first-order valence-corrected chi connectivity index (χ1v) is 8.48. The van der Waals surface area contributed by atoms with Gasteiger partial charge in [-0.2, -0.15) is 0 Å². The van der Waals surface area contributed by atoms with Crippen LogP contribution in [0.1, 0.15) is 16.1 Å². The molecule has 128 valence electrons. The van der Waals surface area contributed by atoms with Gasteiger partial charge in [0.1, 0.15) is 11.3 Å². The fraction of sp³-hybridized carbons (Fsp3) is 0.278. The van der Waals surface area contributed by atoms with E-state index in [1.54, 1.807) is 41.3 Å². The second kappa shape index (κ2) is 6.82. The number of carbonyl (C=O) groups excluding carboxylic acids is 1. The summed E-state index contributed by atoms with van der Waals surface area (Å²) in [7, 11) is 0. The predicted octanol–water partition coefficient (Wildman–Crippen LogP) is 2.37.